The van der Waals surface area contributed by atoms with Gasteiger partial charge in [-0.05, 0) is 56.7 Å². The van der Waals surface area contributed by atoms with Crippen molar-refractivity contribution in [3.63, 3.8) is 0 Å². The molecule has 1 amide bonds. The number of carbonyl (C=O) groups is 1. The quantitative estimate of drug-likeness (QED) is 0.817. The lowest BCUT2D eigenvalue weighted by Crippen LogP contribution is -2.29. The Balaban J connectivity index is 1.79. The van der Waals surface area contributed by atoms with Crippen molar-refractivity contribution >= 4 is 5.91 Å². The first-order chi connectivity index (χ1) is 13.1. The molecule has 1 atom stereocenters. The van der Waals surface area contributed by atoms with E-state index in [1.165, 1.54) is 0 Å². The molecule has 0 bridgehead atoms. The fourth-order valence-electron chi connectivity index (χ4n) is 3.38. The van der Waals surface area contributed by atoms with Gasteiger partial charge in [0.05, 0.1) is 0 Å². The summed E-state index contributed by atoms with van der Waals surface area (Å²) < 4.78 is 5.98. The number of nitrogens with zero attached hydrogens (tertiary/aromatic N) is 2. The van der Waals surface area contributed by atoms with Crippen molar-refractivity contribution in [2.75, 3.05) is 46.9 Å². The van der Waals surface area contributed by atoms with Crippen molar-refractivity contribution in [3.05, 3.63) is 54.1 Å². The van der Waals surface area contributed by atoms with E-state index in [0.717, 1.165) is 42.9 Å². The zero-order valence-corrected chi connectivity index (χ0v) is 16.2. The standard InChI is InChI=1S/C22H29N3O2/c1-24(2)12-13-27-21-9-4-3-8-20(21)18-6-5-7-19(14-18)22(26)25-11-10-17(15-23)16-25/h3-9,14,17H,10-13,15-16,23H2,1-2H3/t17-/m1/s1. The average molecular weight is 367 g/mol. The maximum Gasteiger partial charge on any atom is 0.253 e. The van der Waals surface area contributed by atoms with Gasteiger partial charge in [0.2, 0.25) is 0 Å². The van der Waals surface area contributed by atoms with E-state index in [2.05, 4.69) is 4.90 Å². The monoisotopic (exact) mass is 367 g/mol. The van der Waals surface area contributed by atoms with Crippen LogP contribution < -0.4 is 10.5 Å². The van der Waals surface area contributed by atoms with Gasteiger partial charge < -0.3 is 20.3 Å². The predicted octanol–water partition coefficient (Wildman–Crippen LogP) is 2.71. The molecule has 0 aliphatic carbocycles. The number of likely N-dealkylation sites (N-methyl/N-ethyl adjacent to an activating group) is 1. The minimum absolute atomic E-state index is 0.0822. The smallest absolute Gasteiger partial charge is 0.253 e. The van der Waals surface area contributed by atoms with Gasteiger partial charge in [0.1, 0.15) is 12.4 Å². The predicted molar refractivity (Wildman–Crippen MR) is 109 cm³/mol. The van der Waals surface area contributed by atoms with Gasteiger partial charge in [-0.2, -0.15) is 0 Å². The maximum absolute atomic E-state index is 12.9. The Labute approximate surface area is 161 Å². The van der Waals surface area contributed by atoms with Crippen molar-refractivity contribution in [1.29, 1.82) is 0 Å². The van der Waals surface area contributed by atoms with Crippen LogP contribution in [0.1, 0.15) is 16.8 Å². The summed E-state index contributed by atoms with van der Waals surface area (Å²) in [5.74, 6) is 1.34. The second-order valence-electron chi connectivity index (χ2n) is 7.37. The number of likely N-dealkylation sites (tertiary alicyclic amines) is 1. The summed E-state index contributed by atoms with van der Waals surface area (Å²) in [6.07, 6.45) is 0.991. The highest BCUT2D eigenvalue weighted by Gasteiger charge is 2.26. The number of para-hydroxylation sites is 1. The minimum atomic E-state index is 0.0822. The molecule has 144 valence electrons. The van der Waals surface area contributed by atoms with Crippen molar-refractivity contribution in [3.8, 4) is 16.9 Å². The summed E-state index contributed by atoms with van der Waals surface area (Å²) in [5, 5.41) is 0. The second-order valence-corrected chi connectivity index (χ2v) is 7.37. The molecule has 0 spiro atoms. The molecule has 2 aromatic rings. The van der Waals surface area contributed by atoms with Crippen LogP contribution in [-0.2, 0) is 0 Å². The summed E-state index contributed by atoms with van der Waals surface area (Å²) in [5.41, 5.74) is 8.47. The number of ether oxygens (including phenoxy) is 1. The van der Waals surface area contributed by atoms with Gasteiger partial charge in [0.25, 0.3) is 5.91 Å². The lowest BCUT2D eigenvalue weighted by atomic mass is 10.0. The molecule has 5 heteroatoms. The topological polar surface area (TPSA) is 58.8 Å². The molecule has 2 N–H and O–H groups in total. The van der Waals surface area contributed by atoms with E-state index in [4.69, 9.17) is 10.5 Å². The molecule has 1 aliphatic rings. The Morgan fingerprint density at radius 3 is 2.78 bits per heavy atom. The number of nitrogens with two attached hydrogens (primary N) is 1. The zero-order chi connectivity index (χ0) is 19.2. The third kappa shape index (κ3) is 4.87. The van der Waals surface area contributed by atoms with E-state index in [-0.39, 0.29) is 5.91 Å². The van der Waals surface area contributed by atoms with Crippen LogP contribution in [0.25, 0.3) is 11.1 Å². The molecule has 1 saturated heterocycles. The fourth-order valence-corrected chi connectivity index (χ4v) is 3.38. The van der Waals surface area contributed by atoms with Crippen molar-refractivity contribution in [2.24, 2.45) is 11.7 Å². The SMILES string of the molecule is CN(C)CCOc1ccccc1-c1cccc(C(=O)N2CC[C@H](CN)C2)c1. The van der Waals surface area contributed by atoms with E-state index in [0.29, 0.717) is 24.6 Å². The van der Waals surface area contributed by atoms with Crippen LogP contribution in [0.3, 0.4) is 0 Å². The van der Waals surface area contributed by atoms with E-state index < -0.39 is 0 Å². The van der Waals surface area contributed by atoms with Gasteiger partial charge >= 0.3 is 0 Å². The van der Waals surface area contributed by atoms with Gasteiger partial charge in [-0.15, -0.1) is 0 Å². The number of rotatable bonds is 7. The molecule has 1 heterocycles. The molecule has 27 heavy (non-hydrogen) atoms. The van der Waals surface area contributed by atoms with Crippen LogP contribution in [0.5, 0.6) is 5.75 Å². The first kappa shape index (κ1) is 19.4. The Morgan fingerprint density at radius 2 is 2.04 bits per heavy atom. The van der Waals surface area contributed by atoms with Crippen LogP contribution in [0.15, 0.2) is 48.5 Å². The number of amides is 1. The second kappa shape index (κ2) is 9.02. The largest absolute Gasteiger partial charge is 0.492 e. The highest BCUT2D eigenvalue weighted by Crippen LogP contribution is 2.31. The molecule has 0 aromatic heterocycles. The first-order valence-corrected chi connectivity index (χ1v) is 9.55. The molecule has 1 aliphatic heterocycles. The normalized spacial score (nSPS) is 16.7. The first-order valence-electron chi connectivity index (χ1n) is 9.55. The third-order valence-corrected chi connectivity index (χ3v) is 5.01. The summed E-state index contributed by atoms with van der Waals surface area (Å²) in [4.78, 5) is 16.9. The van der Waals surface area contributed by atoms with Crippen LogP contribution in [0.2, 0.25) is 0 Å². The summed E-state index contributed by atoms with van der Waals surface area (Å²) >= 11 is 0. The van der Waals surface area contributed by atoms with E-state index >= 15 is 0 Å². The molecule has 3 rings (SSSR count). The Kier molecular flexibility index (Phi) is 6.48. The lowest BCUT2D eigenvalue weighted by molar-refractivity contribution is 0.0787. The van der Waals surface area contributed by atoms with Crippen LogP contribution in [0, 0.1) is 5.92 Å². The Morgan fingerprint density at radius 1 is 1.22 bits per heavy atom. The number of hydrogen-bond donors (Lipinski definition) is 1. The fraction of sp³-hybridized carbons (Fsp3) is 0.409. The zero-order valence-electron chi connectivity index (χ0n) is 16.2. The van der Waals surface area contributed by atoms with Gasteiger partial charge in [-0.25, -0.2) is 0 Å². The molecule has 0 unspecified atom stereocenters. The summed E-state index contributed by atoms with van der Waals surface area (Å²) in [6, 6.07) is 15.8. The van der Waals surface area contributed by atoms with E-state index in [9.17, 15) is 4.79 Å². The summed E-state index contributed by atoms with van der Waals surface area (Å²) in [7, 11) is 4.05. The Hall–Kier alpha value is -2.37. The van der Waals surface area contributed by atoms with Gasteiger partial charge in [0, 0.05) is 30.8 Å². The van der Waals surface area contributed by atoms with Crippen LogP contribution >= 0.6 is 0 Å². The number of carbonyl (C=O) groups excluding carboxylic acids is 1. The van der Waals surface area contributed by atoms with Gasteiger partial charge in [0.15, 0.2) is 0 Å². The number of benzene rings is 2. The van der Waals surface area contributed by atoms with Gasteiger partial charge in [-0.1, -0.05) is 30.3 Å². The minimum Gasteiger partial charge on any atom is -0.492 e. The Bertz CT molecular complexity index is 776. The van der Waals surface area contributed by atoms with E-state index in [1.54, 1.807) is 0 Å². The van der Waals surface area contributed by atoms with E-state index in [1.807, 2.05) is 67.5 Å². The lowest BCUT2D eigenvalue weighted by Gasteiger charge is -2.17. The van der Waals surface area contributed by atoms with Gasteiger partial charge in [-0.3, -0.25) is 4.79 Å². The van der Waals surface area contributed by atoms with Crippen molar-refractivity contribution < 1.29 is 9.53 Å². The molecular weight excluding hydrogens is 338 g/mol. The molecule has 2 aromatic carbocycles. The third-order valence-electron chi connectivity index (χ3n) is 5.01. The highest BCUT2D eigenvalue weighted by molar-refractivity contribution is 5.95. The van der Waals surface area contributed by atoms with Crippen LogP contribution in [0.4, 0.5) is 0 Å². The van der Waals surface area contributed by atoms with Crippen LogP contribution in [-0.4, -0.2) is 62.6 Å². The van der Waals surface area contributed by atoms with Crippen molar-refractivity contribution in [1.82, 2.24) is 9.80 Å². The van der Waals surface area contributed by atoms with Crippen molar-refractivity contribution in [2.45, 2.75) is 6.42 Å². The number of hydrogen-bond acceptors (Lipinski definition) is 4. The molecule has 5 nitrogen and oxygen atoms in total. The maximum atomic E-state index is 12.9. The average Bonchev–Trinajstić information content (AvgIpc) is 3.17. The summed E-state index contributed by atoms with van der Waals surface area (Å²) in [6.45, 7) is 3.65. The molecule has 1 fully saturated rings. The molecule has 0 radical (unpaired) electrons. The molecular formula is C22H29N3O2. The molecule has 0 saturated carbocycles. The highest BCUT2D eigenvalue weighted by atomic mass is 16.5.